The number of carbonyl (C=O) groups is 3. The molecule has 0 atom stereocenters. The number of aryl methyl sites for hydroxylation is 1. The molecule has 0 bridgehead atoms. The molecule has 1 aromatic heterocycles. The third-order valence-electron chi connectivity index (χ3n) is 3.41. The van der Waals surface area contributed by atoms with Gasteiger partial charge in [-0.05, 0) is 31.2 Å². The molecular formula is C17H19N3O5. The molecule has 0 aliphatic carbocycles. The van der Waals surface area contributed by atoms with Crippen LogP contribution >= 0.6 is 0 Å². The van der Waals surface area contributed by atoms with Crippen molar-refractivity contribution in [2.75, 3.05) is 11.9 Å². The van der Waals surface area contributed by atoms with Crippen molar-refractivity contribution in [1.82, 2.24) is 5.16 Å². The van der Waals surface area contributed by atoms with Crippen molar-refractivity contribution < 1.29 is 23.6 Å². The third-order valence-corrected chi connectivity index (χ3v) is 3.41. The lowest BCUT2D eigenvalue weighted by atomic mass is 10.1. The minimum absolute atomic E-state index is 0.0404. The number of aromatic nitrogens is 1. The maximum absolute atomic E-state index is 12.2. The van der Waals surface area contributed by atoms with E-state index in [-0.39, 0.29) is 11.5 Å². The molecule has 2 aromatic rings. The van der Waals surface area contributed by atoms with E-state index in [0.29, 0.717) is 22.7 Å². The number of hydrogen-bond acceptors (Lipinski definition) is 6. The van der Waals surface area contributed by atoms with Crippen LogP contribution in [0.25, 0.3) is 0 Å². The Balaban J connectivity index is 1.95. The smallest absolute Gasteiger partial charge is 0.344 e. The molecule has 8 heteroatoms. The molecule has 2 rings (SSSR count). The molecule has 0 saturated heterocycles. The number of nitrogens with one attached hydrogen (secondary N) is 1. The first-order valence-electron chi connectivity index (χ1n) is 7.62. The first-order valence-corrected chi connectivity index (χ1v) is 7.62. The number of benzene rings is 1. The highest BCUT2D eigenvalue weighted by Gasteiger charge is 2.24. The van der Waals surface area contributed by atoms with E-state index in [4.69, 9.17) is 15.0 Å². The van der Waals surface area contributed by atoms with Crippen molar-refractivity contribution in [3.8, 4) is 0 Å². The van der Waals surface area contributed by atoms with Gasteiger partial charge in [-0.1, -0.05) is 19.0 Å². The van der Waals surface area contributed by atoms with E-state index in [1.54, 1.807) is 6.92 Å². The van der Waals surface area contributed by atoms with Gasteiger partial charge in [-0.15, -0.1) is 0 Å². The second-order valence-corrected chi connectivity index (χ2v) is 5.73. The summed E-state index contributed by atoms with van der Waals surface area (Å²) in [5.74, 6) is -1.36. The van der Waals surface area contributed by atoms with Crippen LogP contribution in [0.5, 0.6) is 0 Å². The van der Waals surface area contributed by atoms with Crippen LogP contribution in [0, 0.1) is 6.92 Å². The number of hydrogen-bond donors (Lipinski definition) is 2. The molecule has 0 unspecified atom stereocenters. The van der Waals surface area contributed by atoms with E-state index < -0.39 is 24.4 Å². The Morgan fingerprint density at radius 1 is 1.24 bits per heavy atom. The predicted molar refractivity (Wildman–Crippen MR) is 89.2 cm³/mol. The van der Waals surface area contributed by atoms with Crippen LogP contribution in [-0.4, -0.2) is 29.5 Å². The topological polar surface area (TPSA) is 125 Å². The third kappa shape index (κ3) is 4.43. The number of amides is 2. The number of esters is 1. The van der Waals surface area contributed by atoms with Gasteiger partial charge in [-0.25, -0.2) is 4.79 Å². The lowest BCUT2D eigenvalue weighted by molar-refractivity contribution is -0.119. The van der Waals surface area contributed by atoms with E-state index >= 15 is 0 Å². The van der Waals surface area contributed by atoms with E-state index in [9.17, 15) is 14.4 Å². The fourth-order valence-electron chi connectivity index (χ4n) is 2.15. The van der Waals surface area contributed by atoms with E-state index in [2.05, 4.69) is 10.5 Å². The van der Waals surface area contributed by atoms with Crippen LogP contribution in [0.1, 0.15) is 51.9 Å². The Morgan fingerprint density at radius 2 is 1.88 bits per heavy atom. The van der Waals surface area contributed by atoms with Gasteiger partial charge in [0.05, 0.1) is 5.69 Å². The van der Waals surface area contributed by atoms with Gasteiger partial charge in [0.15, 0.2) is 12.4 Å². The van der Waals surface area contributed by atoms with Crippen LogP contribution < -0.4 is 11.1 Å². The molecule has 0 aliphatic rings. The zero-order valence-electron chi connectivity index (χ0n) is 14.2. The van der Waals surface area contributed by atoms with Gasteiger partial charge in [-0.3, -0.25) is 9.59 Å². The molecule has 1 heterocycles. The van der Waals surface area contributed by atoms with Gasteiger partial charge < -0.3 is 20.3 Å². The zero-order chi connectivity index (χ0) is 18.6. The Hall–Kier alpha value is -3.16. The molecule has 8 nitrogen and oxygen atoms in total. The molecular weight excluding hydrogens is 326 g/mol. The number of carbonyl (C=O) groups excluding carboxylic acids is 3. The van der Waals surface area contributed by atoms with Crippen LogP contribution in [0.4, 0.5) is 5.69 Å². The second kappa shape index (κ2) is 7.61. The van der Waals surface area contributed by atoms with Crippen LogP contribution in [0.3, 0.4) is 0 Å². The van der Waals surface area contributed by atoms with E-state index in [1.807, 2.05) is 13.8 Å². The minimum atomic E-state index is -0.665. The molecule has 2 amide bonds. The summed E-state index contributed by atoms with van der Waals surface area (Å²) in [6.07, 6.45) is 0. The molecule has 1 aromatic carbocycles. The molecule has 132 valence electrons. The first kappa shape index (κ1) is 18.2. The number of rotatable bonds is 6. The molecule has 25 heavy (non-hydrogen) atoms. The first-order chi connectivity index (χ1) is 11.8. The van der Waals surface area contributed by atoms with Gasteiger partial charge in [0.1, 0.15) is 5.56 Å². The predicted octanol–water partition coefficient (Wildman–Crippen LogP) is 2.00. The lowest BCUT2D eigenvalue weighted by Gasteiger charge is -2.08. The lowest BCUT2D eigenvalue weighted by Crippen LogP contribution is -2.21. The minimum Gasteiger partial charge on any atom is -0.452 e. The summed E-state index contributed by atoms with van der Waals surface area (Å²) in [5, 5.41) is 6.32. The van der Waals surface area contributed by atoms with Crippen molar-refractivity contribution in [2.24, 2.45) is 5.73 Å². The molecule has 0 saturated carbocycles. The molecule has 3 N–H and O–H groups in total. The molecule has 0 radical (unpaired) electrons. The molecule has 0 aliphatic heterocycles. The van der Waals surface area contributed by atoms with Gasteiger partial charge in [-0.2, -0.15) is 0 Å². The number of anilines is 1. The fraction of sp³-hybridized carbons (Fsp3) is 0.294. The monoisotopic (exact) mass is 345 g/mol. The van der Waals surface area contributed by atoms with E-state index in [0.717, 1.165) is 0 Å². The van der Waals surface area contributed by atoms with Gasteiger partial charge in [0.2, 0.25) is 5.91 Å². The van der Waals surface area contributed by atoms with Crippen molar-refractivity contribution in [3.63, 3.8) is 0 Å². The standard InChI is InChI=1S/C17H19N3O5/c1-9(2)15-14(10(3)20-25-15)17(23)24-8-13(21)19-12-6-4-11(5-7-12)16(18)22/h4-7,9H,8H2,1-3H3,(H2,18,22)(H,19,21). The average molecular weight is 345 g/mol. The molecule has 0 spiro atoms. The summed E-state index contributed by atoms with van der Waals surface area (Å²) in [7, 11) is 0. The Labute approximate surface area is 144 Å². The highest BCUT2D eigenvalue weighted by molar-refractivity contribution is 5.97. The Bertz CT molecular complexity index is 793. The Kier molecular flexibility index (Phi) is 5.53. The number of ether oxygens (including phenoxy) is 1. The average Bonchev–Trinajstić information content (AvgIpc) is 2.95. The highest BCUT2D eigenvalue weighted by Crippen LogP contribution is 2.22. The molecule has 0 fully saturated rings. The summed E-state index contributed by atoms with van der Waals surface area (Å²) >= 11 is 0. The van der Waals surface area contributed by atoms with Crippen LogP contribution in [-0.2, 0) is 9.53 Å². The van der Waals surface area contributed by atoms with Crippen LogP contribution in [0.15, 0.2) is 28.8 Å². The highest BCUT2D eigenvalue weighted by atomic mass is 16.5. The summed E-state index contributed by atoms with van der Waals surface area (Å²) in [6, 6.07) is 6.03. The Morgan fingerprint density at radius 3 is 2.44 bits per heavy atom. The summed E-state index contributed by atoms with van der Waals surface area (Å²) in [4.78, 5) is 35.1. The van der Waals surface area contributed by atoms with Crippen LogP contribution in [0.2, 0.25) is 0 Å². The zero-order valence-corrected chi connectivity index (χ0v) is 14.2. The summed E-state index contributed by atoms with van der Waals surface area (Å²) < 4.78 is 10.2. The van der Waals surface area contributed by atoms with Crippen molar-refractivity contribution >= 4 is 23.5 Å². The number of nitrogens with zero attached hydrogens (tertiary/aromatic N) is 1. The van der Waals surface area contributed by atoms with Crippen molar-refractivity contribution in [3.05, 3.63) is 46.8 Å². The van der Waals surface area contributed by atoms with Gasteiger partial charge >= 0.3 is 5.97 Å². The van der Waals surface area contributed by atoms with E-state index in [1.165, 1.54) is 24.3 Å². The maximum atomic E-state index is 12.2. The maximum Gasteiger partial charge on any atom is 0.344 e. The van der Waals surface area contributed by atoms with Gasteiger partial charge in [0, 0.05) is 17.2 Å². The van der Waals surface area contributed by atoms with Gasteiger partial charge in [0.25, 0.3) is 5.91 Å². The summed E-state index contributed by atoms with van der Waals surface area (Å²) in [5.41, 5.74) is 6.58. The fourth-order valence-corrected chi connectivity index (χ4v) is 2.15. The normalized spacial score (nSPS) is 10.6. The number of primary amides is 1. The van der Waals surface area contributed by atoms with Crippen molar-refractivity contribution in [1.29, 1.82) is 0 Å². The summed E-state index contributed by atoms with van der Waals surface area (Å²) in [6.45, 7) is 4.89. The second-order valence-electron chi connectivity index (χ2n) is 5.73. The quantitative estimate of drug-likeness (QED) is 0.772. The van der Waals surface area contributed by atoms with Crippen molar-refractivity contribution in [2.45, 2.75) is 26.7 Å². The number of nitrogens with two attached hydrogens (primary N) is 1. The SMILES string of the molecule is Cc1noc(C(C)C)c1C(=O)OCC(=O)Nc1ccc(C(N)=O)cc1. The largest absolute Gasteiger partial charge is 0.452 e.